The lowest BCUT2D eigenvalue weighted by Crippen LogP contribution is -2.13. The zero-order valence-corrected chi connectivity index (χ0v) is 6.79. The van der Waals surface area contributed by atoms with Crippen molar-refractivity contribution in [2.24, 2.45) is 5.41 Å². The maximum Gasteiger partial charge on any atom is 0.0130 e. The van der Waals surface area contributed by atoms with E-state index in [0.717, 1.165) is 12.8 Å². The number of rotatable bonds is 3. The van der Waals surface area contributed by atoms with Crippen molar-refractivity contribution < 1.29 is 0 Å². The van der Waals surface area contributed by atoms with Crippen molar-refractivity contribution in [3.05, 3.63) is 49.6 Å². The lowest BCUT2D eigenvalue weighted by atomic mass is 9.79. The van der Waals surface area contributed by atoms with Gasteiger partial charge in [-0.15, -0.1) is 13.2 Å². The van der Waals surface area contributed by atoms with E-state index in [2.05, 4.69) is 37.5 Å². The standard InChI is InChI=1S/C11H14/c1-3-8-11(4-2)9-6-5-7-10-11/h3-7,9H,1-2,8,10H2. The molecule has 1 atom stereocenters. The molecule has 1 aliphatic rings. The third-order valence-electron chi connectivity index (χ3n) is 2.10. The van der Waals surface area contributed by atoms with Gasteiger partial charge in [0.1, 0.15) is 0 Å². The fourth-order valence-corrected chi connectivity index (χ4v) is 1.34. The number of hydrogen-bond donors (Lipinski definition) is 0. The fourth-order valence-electron chi connectivity index (χ4n) is 1.34. The lowest BCUT2D eigenvalue weighted by Gasteiger charge is -2.25. The summed E-state index contributed by atoms with van der Waals surface area (Å²) in [6.45, 7) is 7.58. The first kappa shape index (κ1) is 8.06. The summed E-state index contributed by atoms with van der Waals surface area (Å²) in [5.74, 6) is 0. The minimum Gasteiger partial charge on any atom is -0.103 e. The second kappa shape index (κ2) is 3.38. The molecule has 0 heterocycles. The van der Waals surface area contributed by atoms with Crippen molar-refractivity contribution in [1.29, 1.82) is 0 Å². The van der Waals surface area contributed by atoms with Gasteiger partial charge in [0.05, 0.1) is 0 Å². The molecule has 1 rings (SSSR count). The van der Waals surface area contributed by atoms with Crippen LogP contribution in [0.3, 0.4) is 0 Å². The smallest absolute Gasteiger partial charge is 0.0130 e. The van der Waals surface area contributed by atoms with Gasteiger partial charge in [-0.3, -0.25) is 0 Å². The van der Waals surface area contributed by atoms with E-state index in [1.165, 1.54) is 0 Å². The lowest BCUT2D eigenvalue weighted by molar-refractivity contribution is 0.504. The fraction of sp³-hybridized carbons (Fsp3) is 0.273. The van der Waals surface area contributed by atoms with E-state index in [1.807, 2.05) is 12.2 Å². The van der Waals surface area contributed by atoms with E-state index in [4.69, 9.17) is 0 Å². The highest BCUT2D eigenvalue weighted by atomic mass is 14.2. The molecule has 58 valence electrons. The second-order valence-corrected chi connectivity index (χ2v) is 2.92. The third-order valence-corrected chi connectivity index (χ3v) is 2.10. The Morgan fingerprint density at radius 3 is 2.64 bits per heavy atom. The van der Waals surface area contributed by atoms with Crippen LogP contribution in [0.5, 0.6) is 0 Å². The van der Waals surface area contributed by atoms with Crippen molar-refractivity contribution in [1.82, 2.24) is 0 Å². The maximum absolute atomic E-state index is 3.84. The minimum atomic E-state index is 0.149. The number of allylic oxidation sites excluding steroid dienone is 6. The van der Waals surface area contributed by atoms with E-state index in [1.54, 1.807) is 0 Å². The molecule has 0 aromatic carbocycles. The molecule has 11 heavy (non-hydrogen) atoms. The summed E-state index contributed by atoms with van der Waals surface area (Å²) in [5.41, 5.74) is 0.149. The van der Waals surface area contributed by atoms with Gasteiger partial charge in [-0.25, -0.2) is 0 Å². The first-order valence-corrected chi connectivity index (χ1v) is 3.92. The summed E-state index contributed by atoms with van der Waals surface area (Å²) in [5, 5.41) is 0. The van der Waals surface area contributed by atoms with Crippen LogP contribution in [-0.4, -0.2) is 0 Å². The Hall–Kier alpha value is -1.04. The van der Waals surface area contributed by atoms with Gasteiger partial charge in [0.15, 0.2) is 0 Å². The minimum absolute atomic E-state index is 0.149. The van der Waals surface area contributed by atoms with Gasteiger partial charge >= 0.3 is 0 Å². The van der Waals surface area contributed by atoms with E-state index in [9.17, 15) is 0 Å². The van der Waals surface area contributed by atoms with Crippen LogP contribution in [0.15, 0.2) is 49.6 Å². The summed E-state index contributed by atoms with van der Waals surface area (Å²) in [6, 6.07) is 0. The molecule has 0 spiro atoms. The predicted molar refractivity (Wildman–Crippen MR) is 50.3 cm³/mol. The summed E-state index contributed by atoms with van der Waals surface area (Å²) < 4.78 is 0. The molecule has 0 saturated heterocycles. The van der Waals surface area contributed by atoms with Gasteiger partial charge in [-0.2, -0.15) is 0 Å². The predicted octanol–water partition coefficient (Wildman–Crippen LogP) is 3.25. The van der Waals surface area contributed by atoms with E-state index in [-0.39, 0.29) is 5.41 Å². The van der Waals surface area contributed by atoms with Crippen molar-refractivity contribution in [3.63, 3.8) is 0 Å². The first-order valence-electron chi connectivity index (χ1n) is 3.92. The SMILES string of the molecule is C=CCC1(C=C)C=CC=CC1. The Balaban J connectivity index is 2.75. The van der Waals surface area contributed by atoms with Crippen LogP contribution >= 0.6 is 0 Å². The summed E-state index contributed by atoms with van der Waals surface area (Å²) in [4.78, 5) is 0. The van der Waals surface area contributed by atoms with Gasteiger partial charge in [-0.05, 0) is 12.8 Å². The van der Waals surface area contributed by atoms with E-state index >= 15 is 0 Å². The molecule has 0 aliphatic heterocycles. The molecule has 1 unspecified atom stereocenters. The molecule has 1 aliphatic carbocycles. The van der Waals surface area contributed by atoms with Crippen molar-refractivity contribution in [3.8, 4) is 0 Å². The first-order chi connectivity index (χ1) is 5.33. The summed E-state index contributed by atoms with van der Waals surface area (Å²) in [7, 11) is 0. The average Bonchev–Trinajstić information content (AvgIpc) is 2.07. The van der Waals surface area contributed by atoms with E-state index < -0.39 is 0 Å². The highest BCUT2D eigenvalue weighted by Gasteiger charge is 2.20. The summed E-state index contributed by atoms with van der Waals surface area (Å²) in [6.07, 6.45) is 14.5. The highest BCUT2D eigenvalue weighted by molar-refractivity contribution is 5.22. The quantitative estimate of drug-likeness (QED) is 0.536. The Morgan fingerprint density at radius 1 is 1.36 bits per heavy atom. The maximum atomic E-state index is 3.84. The molecule has 0 radical (unpaired) electrons. The normalized spacial score (nSPS) is 28.4. The van der Waals surface area contributed by atoms with Gasteiger partial charge in [0.25, 0.3) is 0 Å². The zero-order valence-electron chi connectivity index (χ0n) is 6.79. The molecular weight excluding hydrogens is 132 g/mol. The largest absolute Gasteiger partial charge is 0.103 e. The van der Waals surface area contributed by atoms with Crippen LogP contribution in [0.2, 0.25) is 0 Å². The molecular formula is C11H14. The molecule has 0 nitrogen and oxygen atoms in total. The zero-order chi connectivity index (χ0) is 8.16. The van der Waals surface area contributed by atoms with Crippen molar-refractivity contribution in [2.75, 3.05) is 0 Å². The summed E-state index contributed by atoms with van der Waals surface area (Å²) >= 11 is 0. The van der Waals surface area contributed by atoms with Crippen LogP contribution in [0.4, 0.5) is 0 Å². The van der Waals surface area contributed by atoms with Gasteiger partial charge < -0.3 is 0 Å². The Kier molecular flexibility index (Phi) is 2.48. The topological polar surface area (TPSA) is 0 Å². The van der Waals surface area contributed by atoms with Crippen LogP contribution in [0.25, 0.3) is 0 Å². The van der Waals surface area contributed by atoms with Gasteiger partial charge in [-0.1, -0.05) is 36.5 Å². The van der Waals surface area contributed by atoms with Gasteiger partial charge in [0.2, 0.25) is 0 Å². The van der Waals surface area contributed by atoms with Crippen molar-refractivity contribution >= 4 is 0 Å². The highest BCUT2D eigenvalue weighted by Crippen LogP contribution is 2.32. The molecule has 0 amide bonds. The third kappa shape index (κ3) is 1.70. The Labute approximate surface area is 68.6 Å². The van der Waals surface area contributed by atoms with Crippen LogP contribution in [0, 0.1) is 5.41 Å². The molecule has 0 fully saturated rings. The molecule has 0 aromatic rings. The monoisotopic (exact) mass is 146 g/mol. The average molecular weight is 146 g/mol. The molecule has 0 bridgehead atoms. The van der Waals surface area contributed by atoms with Crippen molar-refractivity contribution in [2.45, 2.75) is 12.8 Å². The van der Waals surface area contributed by atoms with Gasteiger partial charge in [0, 0.05) is 5.41 Å². The Morgan fingerprint density at radius 2 is 2.18 bits per heavy atom. The molecule has 0 aromatic heterocycles. The van der Waals surface area contributed by atoms with Crippen LogP contribution in [-0.2, 0) is 0 Å². The van der Waals surface area contributed by atoms with Crippen LogP contribution in [0.1, 0.15) is 12.8 Å². The molecule has 0 heteroatoms. The van der Waals surface area contributed by atoms with E-state index in [0.29, 0.717) is 0 Å². The second-order valence-electron chi connectivity index (χ2n) is 2.92. The molecule has 0 N–H and O–H groups in total. The number of hydrogen-bond acceptors (Lipinski definition) is 0. The van der Waals surface area contributed by atoms with Crippen LogP contribution < -0.4 is 0 Å². The Bertz CT molecular complexity index is 204. The molecule has 0 saturated carbocycles.